The highest BCUT2D eigenvalue weighted by atomic mass is 79.9. The van der Waals surface area contributed by atoms with Crippen LogP contribution in [0.15, 0.2) is 70.2 Å². The Bertz CT molecular complexity index is 1130. The summed E-state index contributed by atoms with van der Waals surface area (Å²) >= 11 is 3.45. The van der Waals surface area contributed by atoms with Gasteiger partial charge in [0.1, 0.15) is 16.4 Å². The van der Waals surface area contributed by atoms with Gasteiger partial charge in [0, 0.05) is 35.5 Å². The first-order chi connectivity index (χ1) is 14.0. The summed E-state index contributed by atoms with van der Waals surface area (Å²) in [5, 5.41) is 0. The van der Waals surface area contributed by atoms with Gasteiger partial charge in [0.05, 0.1) is 20.3 Å². The van der Waals surface area contributed by atoms with Gasteiger partial charge in [0.15, 0.2) is 0 Å². The molecule has 0 saturated heterocycles. The Balaban J connectivity index is 1.87. The molecule has 4 rings (SSSR count). The van der Waals surface area contributed by atoms with Gasteiger partial charge < -0.3 is 14.0 Å². The predicted molar refractivity (Wildman–Crippen MR) is 114 cm³/mol. The van der Waals surface area contributed by atoms with Crippen LogP contribution in [0.1, 0.15) is 17.3 Å². The van der Waals surface area contributed by atoms with Crippen LogP contribution in [0.4, 0.5) is 0 Å². The summed E-state index contributed by atoms with van der Waals surface area (Å²) < 4.78 is 42.8. The minimum atomic E-state index is -3.86. The van der Waals surface area contributed by atoms with Gasteiger partial charge in [-0.1, -0.05) is 28.1 Å². The normalized spacial score (nSPS) is 17.0. The molecule has 0 fully saturated rings. The van der Waals surface area contributed by atoms with E-state index in [9.17, 15) is 8.42 Å². The van der Waals surface area contributed by atoms with Gasteiger partial charge in [0.2, 0.25) is 10.0 Å². The maximum absolute atomic E-state index is 13.8. The van der Waals surface area contributed by atoms with Crippen molar-refractivity contribution in [1.82, 2.24) is 8.87 Å². The van der Waals surface area contributed by atoms with E-state index in [-0.39, 0.29) is 4.90 Å². The monoisotopic (exact) mass is 476 g/mol. The molecule has 0 N–H and O–H groups in total. The lowest BCUT2D eigenvalue weighted by Gasteiger charge is -2.36. The van der Waals surface area contributed by atoms with Crippen LogP contribution in [0.3, 0.4) is 0 Å². The van der Waals surface area contributed by atoms with Crippen LogP contribution >= 0.6 is 15.9 Å². The van der Waals surface area contributed by atoms with Crippen LogP contribution in [0.25, 0.3) is 0 Å². The van der Waals surface area contributed by atoms with Crippen LogP contribution in [-0.4, -0.2) is 38.1 Å². The third-order valence-electron chi connectivity index (χ3n) is 5.14. The van der Waals surface area contributed by atoms with E-state index in [0.717, 1.165) is 15.7 Å². The summed E-state index contributed by atoms with van der Waals surface area (Å²) in [5.41, 5.74) is 1.84. The van der Waals surface area contributed by atoms with Gasteiger partial charge >= 0.3 is 0 Å². The Hall–Kier alpha value is -2.29. The van der Waals surface area contributed by atoms with E-state index in [1.54, 1.807) is 16.4 Å². The minimum Gasteiger partial charge on any atom is -0.497 e. The molecule has 0 amide bonds. The van der Waals surface area contributed by atoms with Crippen LogP contribution < -0.4 is 9.47 Å². The van der Waals surface area contributed by atoms with Crippen molar-refractivity contribution >= 4 is 26.0 Å². The summed E-state index contributed by atoms with van der Waals surface area (Å²) in [6.45, 7) is 0.936. The molecule has 0 bridgehead atoms. The zero-order valence-electron chi connectivity index (χ0n) is 16.1. The fraction of sp³-hybridized carbons (Fsp3) is 0.238. The fourth-order valence-electron chi connectivity index (χ4n) is 3.72. The van der Waals surface area contributed by atoms with E-state index in [1.807, 2.05) is 42.6 Å². The second kappa shape index (κ2) is 7.85. The largest absolute Gasteiger partial charge is 0.497 e. The number of aromatic nitrogens is 1. The summed E-state index contributed by atoms with van der Waals surface area (Å²) in [6, 6.07) is 16.0. The first-order valence-corrected chi connectivity index (χ1v) is 11.3. The van der Waals surface area contributed by atoms with Crippen LogP contribution in [-0.2, 0) is 16.6 Å². The van der Waals surface area contributed by atoms with Crippen LogP contribution in [0.5, 0.6) is 11.5 Å². The van der Waals surface area contributed by atoms with Crippen molar-refractivity contribution in [2.45, 2.75) is 17.5 Å². The van der Waals surface area contributed by atoms with Gasteiger partial charge in [-0.05, 0) is 42.0 Å². The third kappa shape index (κ3) is 3.56. The van der Waals surface area contributed by atoms with Crippen molar-refractivity contribution in [3.8, 4) is 11.5 Å². The van der Waals surface area contributed by atoms with Crippen LogP contribution in [0, 0.1) is 0 Å². The Morgan fingerprint density at radius 3 is 2.45 bits per heavy atom. The SMILES string of the molecule is COc1ccc(OC)c(S(=O)(=O)N2CCn3cccc3[C@H]2c2ccc(Br)cc2)c1. The Labute approximate surface area is 178 Å². The van der Waals surface area contributed by atoms with E-state index in [2.05, 4.69) is 20.5 Å². The maximum atomic E-state index is 13.8. The molecule has 29 heavy (non-hydrogen) atoms. The molecule has 0 spiro atoms. The molecule has 0 aliphatic carbocycles. The van der Waals surface area contributed by atoms with E-state index >= 15 is 0 Å². The molecule has 0 saturated carbocycles. The van der Waals surface area contributed by atoms with Crippen LogP contribution in [0.2, 0.25) is 0 Å². The minimum absolute atomic E-state index is 0.0986. The van der Waals surface area contributed by atoms with Crippen molar-refractivity contribution in [1.29, 1.82) is 0 Å². The molecule has 1 atom stereocenters. The number of halogens is 1. The highest BCUT2D eigenvalue weighted by Crippen LogP contribution is 2.39. The van der Waals surface area contributed by atoms with Gasteiger partial charge in [-0.3, -0.25) is 0 Å². The molecule has 3 aromatic rings. The molecular weight excluding hydrogens is 456 g/mol. The van der Waals surface area contributed by atoms with Crippen molar-refractivity contribution in [2.24, 2.45) is 0 Å². The molecule has 2 aromatic carbocycles. The van der Waals surface area contributed by atoms with E-state index in [4.69, 9.17) is 9.47 Å². The van der Waals surface area contributed by atoms with Gasteiger partial charge in [-0.2, -0.15) is 4.31 Å². The number of hydrogen-bond donors (Lipinski definition) is 0. The quantitative estimate of drug-likeness (QED) is 0.556. The number of nitrogens with zero attached hydrogens (tertiary/aromatic N) is 2. The number of hydrogen-bond acceptors (Lipinski definition) is 4. The average Bonchev–Trinajstić information content (AvgIpc) is 3.22. The molecule has 6 nitrogen and oxygen atoms in total. The fourth-order valence-corrected chi connectivity index (χ4v) is 5.73. The topological polar surface area (TPSA) is 60.8 Å². The smallest absolute Gasteiger partial charge is 0.247 e. The Morgan fingerprint density at radius 1 is 1.00 bits per heavy atom. The summed E-state index contributed by atoms with van der Waals surface area (Å²) in [6.07, 6.45) is 1.98. The molecule has 0 unspecified atom stereocenters. The molecule has 152 valence electrons. The number of ether oxygens (including phenoxy) is 2. The molecular formula is C21H21BrN2O4S. The summed E-state index contributed by atoms with van der Waals surface area (Å²) in [7, 11) is -0.885. The number of fused-ring (bicyclic) bond motifs is 1. The zero-order valence-corrected chi connectivity index (χ0v) is 18.5. The van der Waals surface area contributed by atoms with E-state index < -0.39 is 16.1 Å². The number of methoxy groups -OCH3 is 2. The standard InChI is InChI=1S/C21H21BrN2O4S/c1-27-17-9-10-19(28-2)20(14-17)29(25,26)24-13-12-23-11-3-4-18(23)21(24)15-5-7-16(22)8-6-15/h3-11,14,21H,12-13H2,1-2H3/t21-/m1/s1. The van der Waals surface area contributed by atoms with Gasteiger partial charge in [0.25, 0.3) is 0 Å². The van der Waals surface area contributed by atoms with E-state index in [0.29, 0.717) is 24.6 Å². The summed E-state index contributed by atoms with van der Waals surface area (Å²) in [5.74, 6) is 0.756. The molecule has 2 heterocycles. The van der Waals surface area contributed by atoms with Gasteiger partial charge in [-0.15, -0.1) is 0 Å². The lowest BCUT2D eigenvalue weighted by molar-refractivity contribution is 0.296. The molecule has 8 heteroatoms. The lowest BCUT2D eigenvalue weighted by Crippen LogP contribution is -2.42. The first-order valence-electron chi connectivity index (χ1n) is 9.10. The Morgan fingerprint density at radius 2 is 1.76 bits per heavy atom. The molecule has 0 radical (unpaired) electrons. The second-order valence-corrected chi connectivity index (χ2v) is 9.49. The van der Waals surface area contributed by atoms with Crippen molar-refractivity contribution in [3.05, 3.63) is 76.5 Å². The van der Waals surface area contributed by atoms with Crippen molar-refractivity contribution in [2.75, 3.05) is 20.8 Å². The van der Waals surface area contributed by atoms with Crippen molar-refractivity contribution < 1.29 is 17.9 Å². The molecule has 1 aliphatic heterocycles. The number of benzene rings is 2. The van der Waals surface area contributed by atoms with Crippen molar-refractivity contribution in [3.63, 3.8) is 0 Å². The Kier molecular flexibility index (Phi) is 5.42. The highest BCUT2D eigenvalue weighted by Gasteiger charge is 2.39. The maximum Gasteiger partial charge on any atom is 0.247 e. The highest BCUT2D eigenvalue weighted by molar-refractivity contribution is 9.10. The number of sulfonamides is 1. The van der Waals surface area contributed by atoms with Gasteiger partial charge in [-0.25, -0.2) is 8.42 Å². The third-order valence-corrected chi connectivity index (χ3v) is 7.55. The zero-order chi connectivity index (χ0) is 20.6. The average molecular weight is 477 g/mol. The van der Waals surface area contributed by atoms with E-state index in [1.165, 1.54) is 20.3 Å². The second-order valence-electron chi connectivity index (χ2n) is 6.71. The first kappa shape index (κ1) is 20.0. The summed E-state index contributed by atoms with van der Waals surface area (Å²) in [4.78, 5) is 0.0986. The number of rotatable bonds is 5. The lowest BCUT2D eigenvalue weighted by atomic mass is 10.0. The predicted octanol–water partition coefficient (Wildman–Crippen LogP) is 4.06. The molecule has 1 aliphatic rings. The molecule has 1 aromatic heterocycles.